The first kappa shape index (κ1) is 14.5. The molecule has 1 heterocycles. The molecule has 0 bridgehead atoms. The molecule has 0 spiro atoms. The predicted octanol–water partition coefficient (Wildman–Crippen LogP) is 3.22. The molecule has 0 saturated carbocycles. The normalized spacial score (nSPS) is 23.5. The highest BCUT2D eigenvalue weighted by Crippen LogP contribution is 2.16. The zero-order chi connectivity index (χ0) is 13.7. The fourth-order valence-corrected chi connectivity index (χ4v) is 2.70. The first-order valence-corrected chi connectivity index (χ1v) is 7.29. The fraction of sp³-hybridized carbons (Fsp3) is 0.625. The summed E-state index contributed by atoms with van der Waals surface area (Å²) in [6.45, 7) is 5.97. The van der Waals surface area contributed by atoms with E-state index in [2.05, 4.69) is 12.2 Å². The molecular weight excluding hydrogens is 241 g/mol. The van der Waals surface area contributed by atoms with Crippen LogP contribution in [0.4, 0.5) is 4.39 Å². The van der Waals surface area contributed by atoms with Gasteiger partial charge in [-0.3, -0.25) is 0 Å². The van der Waals surface area contributed by atoms with Gasteiger partial charge in [-0.05, 0) is 62.4 Å². The van der Waals surface area contributed by atoms with Crippen LogP contribution in [0.5, 0.6) is 0 Å². The molecule has 3 heteroatoms. The summed E-state index contributed by atoms with van der Waals surface area (Å²) in [6, 6.07) is 5.62. The van der Waals surface area contributed by atoms with Crippen LogP contribution in [0.15, 0.2) is 18.2 Å². The van der Waals surface area contributed by atoms with Gasteiger partial charge in [0, 0.05) is 12.6 Å². The van der Waals surface area contributed by atoms with Gasteiger partial charge in [0.25, 0.3) is 0 Å². The van der Waals surface area contributed by atoms with Crippen molar-refractivity contribution in [2.75, 3.05) is 13.2 Å². The lowest BCUT2D eigenvalue weighted by Crippen LogP contribution is -2.39. The Kier molecular flexibility index (Phi) is 5.34. The number of aryl methyl sites for hydroxylation is 1. The van der Waals surface area contributed by atoms with Crippen molar-refractivity contribution in [1.82, 2.24) is 5.32 Å². The van der Waals surface area contributed by atoms with Crippen LogP contribution in [-0.2, 0) is 11.2 Å². The largest absolute Gasteiger partial charge is 0.378 e. The molecule has 2 rings (SSSR count). The summed E-state index contributed by atoms with van der Waals surface area (Å²) in [4.78, 5) is 0. The smallest absolute Gasteiger partial charge is 0.123 e. The van der Waals surface area contributed by atoms with Gasteiger partial charge in [-0.1, -0.05) is 13.0 Å². The molecule has 1 aromatic carbocycles. The SMILES string of the molecule is CCC1CC(NCCc2ccc(F)cc2C)CCO1. The summed E-state index contributed by atoms with van der Waals surface area (Å²) >= 11 is 0. The molecule has 106 valence electrons. The molecule has 2 atom stereocenters. The van der Waals surface area contributed by atoms with Crippen LogP contribution in [-0.4, -0.2) is 25.3 Å². The Hall–Kier alpha value is -0.930. The maximum absolute atomic E-state index is 13.0. The molecular formula is C16H24FNO. The number of hydrogen-bond acceptors (Lipinski definition) is 2. The number of hydrogen-bond donors (Lipinski definition) is 1. The molecule has 0 aromatic heterocycles. The van der Waals surface area contributed by atoms with Gasteiger partial charge < -0.3 is 10.1 Å². The van der Waals surface area contributed by atoms with Crippen molar-refractivity contribution >= 4 is 0 Å². The van der Waals surface area contributed by atoms with E-state index in [0.717, 1.165) is 44.4 Å². The van der Waals surface area contributed by atoms with Gasteiger partial charge in [0.1, 0.15) is 5.82 Å². The van der Waals surface area contributed by atoms with E-state index in [1.165, 1.54) is 5.56 Å². The van der Waals surface area contributed by atoms with Gasteiger partial charge in [0.2, 0.25) is 0 Å². The Morgan fingerprint density at radius 2 is 2.26 bits per heavy atom. The minimum Gasteiger partial charge on any atom is -0.378 e. The van der Waals surface area contributed by atoms with Gasteiger partial charge in [-0.25, -0.2) is 4.39 Å². The van der Waals surface area contributed by atoms with Crippen LogP contribution in [0.1, 0.15) is 37.3 Å². The van der Waals surface area contributed by atoms with Crippen molar-refractivity contribution in [1.29, 1.82) is 0 Å². The molecule has 1 fully saturated rings. The number of nitrogens with one attached hydrogen (secondary N) is 1. The second-order valence-electron chi connectivity index (χ2n) is 5.40. The number of benzene rings is 1. The van der Waals surface area contributed by atoms with Crippen LogP contribution in [0.2, 0.25) is 0 Å². The Labute approximate surface area is 115 Å². The molecule has 0 aliphatic carbocycles. The quantitative estimate of drug-likeness (QED) is 0.882. The standard InChI is InChI=1S/C16H24FNO/c1-3-16-11-15(7-9-19-16)18-8-6-13-4-5-14(17)10-12(13)2/h4-5,10,15-16,18H,3,6-9,11H2,1-2H3. The van der Waals surface area contributed by atoms with Gasteiger partial charge in [0.15, 0.2) is 0 Å². The van der Waals surface area contributed by atoms with Gasteiger partial charge in [0.05, 0.1) is 6.10 Å². The number of halogens is 1. The van der Waals surface area contributed by atoms with Crippen molar-refractivity contribution in [3.05, 3.63) is 35.1 Å². The lowest BCUT2D eigenvalue weighted by atomic mass is 10.0. The molecule has 0 radical (unpaired) electrons. The van der Waals surface area contributed by atoms with Gasteiger partial charge in [-0.15, -0.1) is 0 Å². The van der Waals surface area contributed by atoms with Crippen molar-refractivity contribution in [3.8, 4) is 0 Å². The first-order chi connectivity index (χ1) is 9.19. The molecule has 1 aromatic rings. The molecule has 2 unspecified atom stereocenters. The molecule has 1 aliphatic heterocycles. The molecule has 1 aliphatic rings. The number of ether oxygens (including phenoxy) is 1. The van der Waals surface area contributed by atoms with E-state index in [9.17, 15) is 4.39 Å². The lowest BCUT2D eigenvalue weighted by Gasteiger charge is -2.29. The second-order valence-corrected chi connectivity index (χ2v) is 5.40. The Bertz CT molecular complexity index is 408. The third kappa shape index (κ3) is 4.29. The summed E-state index contributed by atoms with van der Waals surface area (Å²) in [7, 11) is 0. The van der Waals surface area contributed by atoms with Crippen molar-refractivity contribution in [3.63, 3.8) is 0 Å². The molecule has 0 amide bonds. The maximum atomic E-state index is 13.0. The van der Waals surface area contributed by atoms with Crippen molar-refractivity contribution < 1.29 is 9.13 Å². The Morgan fingerprint density at radius 3 is 3.00 bits per heavy atom. The topological polar surface area (TPSA) is 21.3 Å². The zero-order valence-electron chi connectivity index (χ0n) is 11.9. The van der Waals surface area contributed by atoms with E-state index in [-0.39, 0.29) is 5.82 Å². The fourth-order valence-electron chi connectivity index (χ4n) is 2.70. The Balaban J connectivity index is 1.76. The second kappa shape index (κ2) is 7.01. The summed E-state index contributed by atoms with van der Waals surface area (Å²) in [5.41, 5.74) is 2.27. The molecule has 1 saturated heterocycles. The van der Waals surface area contributed by atoms with E-state index in [1.54, 1.807) is 12.1 Å². The Morgan fingerprint density at radius 1 is 1.42 bits per heavy atom. The summed E-state index contributed by atoms with van der Waals surface area (Å²) < 4.78 is 18.7. The predicted molar refractivity (Wildman–Crippen MR) is 75.9 cm³/mol. The number of rotatable bonds is 5. The van der Waals surface area contributed by atoms with Gasteiger partial charge in [-0.2, -0.15) is 0 Å². The summed E-state index contributed by atoms with van der Waals surface area (Å²) in [6.07, 6.45) is 4.67. The third-order valence-corrected chi connectivity index (χ3v) is 3.95. The first-order valence-electron chi connectivity index (χ1n) is 7.29. The summed E-state index contributed by atoms with van der Waals surface area (Å²) in [5, 5.41) is 3.60. The van der Waals surface area contributed by atoms with Gasteiger partial charge >= 0.3 is 0 Å². The zero-order valence-corrected chi connectivity index (χ0v) is 11.9. The van der Waals surface area contributed by atoms with Crippen LogP contribution in [0.3, 0.4) is 0 Å². The van der Waals surface area contributed by atoms with E-state index >= 15 is 0 Å². The highest BCUT2D eigenvalue weighted by molar-refractivity contribution is 5.26. The van der Waals surface area contributed by atoms with E-state index < -0.39 is 0 Å². The van der Waals surface area contributed by atoms with Crippen LogP contribution in [0, 0.1) is 12.7 Å². The van der Waals surface area contributed by atoms with Crippen molar-refractivity contribution in [2.24, 2.45) is 0 Å². The van der Waals surface area contributed by atoms with Crippen LogP contribution < -0.4 is 5.32 Å². The molecule has 1 N–H and O–H groups in total. The molecule has 19 heavy (non-hydrogen) atoms. The van der Waals surface area contributed by atoms with E-state index in [1.807, 2.05) is 13.0 Å². The lowest BCUT2D eigenvalue weighted by molar-refractivity contribution is 0.000114. The average Bonchev–Trinajstić information content (AvgIpc) is 2.41. The summed E-state index contributed by atoms with van der Waals surface area (Å²) in [5.74, 6) is -0.149. The monoisotopic (exact) mass is 265 g/mol. The average molecular weight is 265 g/mol. The van der Waals surface area contributed by atoms with E-state index in [4.69, 9.17) is 4.74 Å². The minimum absolute atomic E-state index is 0.149. The maximum Gasteiger partial charge on any atom is 0.123 e. The highest BCUT2D eigenvalue weighted by atomic mass is 19.1. The van der Waals surface area contributed by atoms with E-state index in [0.29, 0.717) is 12.1 Å². The van der Waals surface area contributed by atoms with Crippen LogP contribution in [0.25, 0.3) is 0 Å². The highest BCUT2D eigenvalue weighted by Gasteiger charge is 2.20. The molecule has 2 nitrogen and oxygen atoms in total. The minimum atomic E-state index is -0.149. The van der Waals surface area contributed by atoms with Crippen molar-refractivity contribution in [2.45, 2.75) is 51.7 Å². The third-order valence-electron chi connectivity index (χ3n) is 3.95. The van der Waals surface area contributed by atoms with Crippen LogP contribution >= 0.6 is 0 Å².